The SMILES string of the molecule is CCCCCCCCCCCCCCCCSCC(CCNC(C)=O)COP(=O)(O)OCC[N+](C)(C)C. The zero-order valence-electron chi connectivity index (χ0n) is 24.8. The van der Waals surface area contributed by atoms with E-state index in [1.54, 1.807) is 0 Å². The number of hydrogen-bond donors (Lipinski definition) is 2. The van der Waals surface area contributed by atoms with Crippen LogP contribution in [0, 0.1) is 5.92 Å². The van der Waals surface area contributed by atoms with Crippen molar-refractivity contribution >= 4 is 25.5 Å². The highest BCUT2D eigenvalue weighted by Gasteiger charge is 2.24. The maximum Gasteiger partial charge on any atom is 0.472 e. The van der Waals surface area contributed by atoms with E-state index in [4.69, 9.17) is 9.05 Å². The van der Waals surface area contributed by atoms with Gasteiger partial charge in [-0.25, -0.2) is 4.57 Å². The molecule has 2 atom stereocenters. The molecule has 0 saturated heterocycles. The van der Waals surface area contributed by atoms with Gasteiger partial charge in [0.05, 0.1) is 27.7 Å². The monoisotopic (exact) mass is 567 g/mol. The Morgan fingerprint density at radius 1 is 0.892 bits per heavy atom. The number of carbonyl (C=O) groups excluding carboxylic acids is 1. The quantitative estimate of drug-likeness (QED) is 0.0621. The van der Waals surface area contributed by atoms with Crippen LogP contribution in [-0.4, -0.2) is 74.2 Å². The van der Waals surface area contributed by atoms with E-state index in [0.29, 0.717) is 24.0 Å². The van der Waals surface area contributed by atoms with E-state index in [9.17, 15) is 14.3 Å². The smallest absolute Gasteiger partial charge is 0.356 e. The van der Waals surface area contributed by atoms with Gasteiger partial charge in [-0.05, 0) is 30.3 Å². The van der Waals surface area contributed by atoms with E-state index in [0.717, 1.165) is 11.5 Å². The standard InChI is InChI=1S/C28H59N2O5PS/c1-6-7-8-9-10-11-12-13-14-15-16-17-18-19-24-37-26-28(20-21-29-27(2)31)25-35-36(32,33)34-23-22-30(3,4)5/h28H,6-26H2,1-5H3,(H-,29,31,32,33)/p+1. The summed E-state index contributed by atoms with van der Waals surface area (Å²) in [5.74, 6) is 1.96. The van der Waals surface area contributed by atoms with Crippen molar-refractivity contribution in [2.45, 2.75) is 110 Å². The first kappa shape index (κ1) is 36.9. The van der Waals surface area contributed by atoms with E-state index < -0.39 is 7.82 Å². The number of nitrogens with one attached hydrogen (secondary N) is 1. The molecule has 0 aromatic carbocycles. The van der Waals surface area contributed by atoms with Crippen molar-refractivity contribution in [3.05, 3.63) is 0 Å². The number of likely N-dealkylation sites (N-methyl/N-ethyl adjacent to an activating group) is 1. The Morgan fingerprint density at radius 3 is 1.89 bits per heavy atom. The number of rotatable bonds is 27. The number of unbranched alkanes of at least 4 members (excludes halogenated alkanes) is 13. The number of hydrogen-bond acceptors (Lipinski definition) is 5. The second-order valence-corrected chi connectivity index (χ2v) is 14.0. The van der Waals surface area contributed by atoms with Crippen LogP contribution in [0.5, 0.6) is 0 Å². The Hall–Kier alpha value is -0.110. The van der Waals surface area contributed by atoms with Crippen molar-refractivity contribution in [1.82, 2.24) is 5.32 Å². The summed E-state index contributed by atoms with van der Waals surface area (Å²) >= 11 is 1.87. The topological polar surface area (TPSA) is 84.9 Å². The fourth-order valence-electron chi connectivity index (χ4n) is 3.98. The van der Waals surface area contributed by atoms with Crippen molar-refractivity contribution in [1.29, 1.82) is 0 Å². The van der Waals surface area contributed by atoms with Crippen LogP contribution in [0.1, 0.15) is 110 Å². The Balaban J connectivity index is 3.92. The highest BCUT2D eigenvalue weighted by Crippen LogP contribution is 2.43. The molecule has 0 aromatic heterocycles. The van der Waals surface area contributed by atoms with Gasteiger partial charge in [0.1, 0.15) is 13.2 Å². The molecule has 7 nitrogen and oxygen atoms in total. The Morgan fingerprint density at radius 2 is 1.41 bits per heavy atom. The molecule has 0 aliphatic rings. The highest BCUT2D eigenvalue weighted by atomic mass is 32.2. The largest absolute Gasteiger partial charge is 0.472 e. The van der Waals surface area contributed by atoms with Crippen LogP contribution in [0.2, 0.25) is 0 Å². The maximum atomic E-state index is 12.2. The van der Waals surface area contributed by atoms with Gasteiger partial charge >= 0.3 is 7.82 Å². The minimum atomic E-state index is -4.07. The van der Waals surface area contributed by atoms with Gasteiger partial charge in [-0.1, -0.05) is 90.4 Å². The first-order chi connectivity index (χ1) is 17.6. The predicted octanol–water partition coefficient (Wildman–Crippen LogP) is 7.18. The predicted molar refractivity (Wildman–Crippen MR) is 159 cm³/mol. The number of thioether (sulfide) groups is 1. The summed E-state index contributed by atoms with van der Waals surface area (Å²) in [5, 5.41) is 2.81. The van der Waals surface area contributed by atoms with E-state index in [1.165, 1.54) is 96.8 Å². The van der Waals surface area contributed by atoms with Crippen molar-refractivity contribution < 1.29 is 27.8 Å². The average Bonchev–Trinajstić information content (AvgIpc) is 2.80. The lowest BCUT2D eigenvalue weighted by atomic mass is 10.0. The fourth-order valence-corrected chi connectivity index (χ4v) is 5.94. The number of phosphoric acid groups is 1. The third kappa shape index (κ3) is 28.7. The van der Waals surface area contributed by atoms with Gasteiger partial charge < -0.3 is 14.7 Å². The molecular weight excluding hydrogens is 507 g/mol. The molecule has 1 amide bonds. The third-order valence-electron chi connectivity index (χ3n) is 6.41. The van der Waals surface area contributed by atoms with E-state index >= 15 is 0 Å². The van der Waals surface area contributed by atoms with Gasteiger partial charge in [0.2, 0.25) is 5.91 Å². The molecular formula is C28H60N2O5PS+. The maximum absolute atomic E-state index is 12.2. The van der Waals surface area contributed by atoms with Crippen molar-refractivity contribution in [3.8, 4) is 0 Å². The van der Waals surface area contributed by atoms with Crippen LogP contribution in [0.4, 0.5) is 0 Å². The molecule has 0 bridgehead atoms. The van der Waals surface area contributed by atoms with E-state index in [1.807, 2.05) is 32.9 Å². The molecule has 0 aliphatic carbocycles. The molecule has 0 heterocycles. The second kappa shape index (κ2) is 23.7. The van der Waals surface area contributed by atoms with Crippen LogP contribution < -0.4 is 5.32 Å². The summed E-state index contributed by atoms with van der Waals surface area (Å²) in [5.41, 5.74) is 0. The van der Waals surface area contributed by atoms with Crippen LogP contribution in [-0.2, 0) is 18.4 Å². The van der Waals surface area contributed by atoms with Gasteiger partial charge in [0.15, 0.2) is 0 Å². The number of nitrogens with zero attached hydrogens (tertiary/aromatic N) is 1. The normalized spacial score (nSPS) is 14.4. The second-order valence-electron chi connectivity index (χ2n) is 11.4. The van der Waals surface area contributed by atoms with Gasteiger partial charge in [-0.15, -0.1) is 0 Å². The highest BCUT2D eigenvalue weighted by molar-refractivity contribution is 7.99. The molecule has 0 rings (SSSR count). The van der Waals surface area contributed by atoms with Crippen LogP contribution >= 0.6 is 19.6 Å². The molecule has 0 aliphatic heterocycles. The molecule has 9 heteroatoms. The van der Waals surface area contributed by atoms with E-state index in [2.05, 4.69) is 12.2 Å². The lowest BCUT2D eigenvalue weighted by Gasteiger charge is -2.24. The van der Waals surface area contributed by atoms with Gasteiger partial charge in [0, 0.05) is 13.5 Å². The lowest BCUT2D eigenvalue weighted by Crippen LogP contribution is -2.37. The summed E-state index contributed by atoms with van der Waals surface area (Å²) in [4.78, 5) is 21.2. The van der Waals surface area contributed by atoms with Crippen molar-refractivity contribution in [2.24, 2.45) is 5.92 Å². The first-order valence-corrected chi connectivity index (χ1v) is 17.4. The zero-order chi connectivity index (χ0) is 27.8. The minimum absolute atomic E-state index is 0.0637. The van der Waals surface area contributed by atoms with Gasteiger partial charge in [-0.2, -0.15) is 11.8 Å². The average molecular weight is 568 g/mol. The van der Waals surface area contributed by atoms with Crippen molar-refractivity contribution in [2.75, 3.05) is 59.0 Å². The molecule has 0 fully saturated rings. The fraction of sp³-hybridized carbons (Fsp3) is 0.964. The molecule has 222 valence electrons. The first-order valence-electron chi connectivity index (χ1n) is 14.8. The van der Waals surface area contributed by atoms with Gasteiger partial charge in [-0.3, -0.25) is 13.8 Å². The summed E-state index contributed by atoms with van der Waals surface area (Å²) in [6.45, 7) is 5.26. The van der Waals surface area contributed by atoms with Crippen molar-refractivity contribution in [3.63, 3.8) is 0 Å². The molecule has 2 unspecified atom stereocenters. The Kier molecular flexibility index (Phi) is 23.7. The van der Waals surface area contributed by atoms with Gasteiger partial charge in [0.25, 0.3) is 0 Å². The minimum Gasteiger partial charge on any atom is -0.356 e. The lowest BCUT2D eigenvalue weighted by molar-refractivity contribution is -0.870. The molecule has 0 saturated carbocycles. The number of quaternary nitrogens is 1. The molecule has 0 spiro atoms. The summed E-state index contributed by atoms with van der Waals surface area (Å²) in [6.07, 6.45) is 19.8. The van der Waals surface area contributed by atoms with Crippen LogP contribution in [0.3, 0.4) is 0 Å². The molecule has 2 N–H and O–H groups in total. The number of phosphoric ester groups is 1. The third-order valence-corrected chi connectivity index (χ3v) is 8.68. The summed E-state index contributed by atoms with van der Waals surface area (Å²) in [7, 11) is 1.93. The number of amides is 1. The van der Waals surface area contributed by atoms with Crippen LogP contribution in [0.15, 0.2) is 0 Å². The zero-order valence-corrected chi connectivity index (χ0v) is 26.5. The molecule has 0 aromatic rings. The van der Waals surface area contributed by atoms with Crippen LogP contribution in [0.25, 0.3) is 0 Å². The van der Waals surface area contributed by atoms with E-state index in [-0.39, 0.29) is 25.0 Å². The molecule has 37 heavy (non-hydrogen) atoms. The Labute approximate surface area is 233 Å². The Bertz CT molecular complexity index is 589. The summed E-state index contributed by atoms with van der Waals surface area (Å²) in [6, 6.07) is 0. The number of carbonyl (C=O) groups is 1. The summed E-state index contributed by atoms with van der Waals surface area (Å²) < 4.78 is 23.3. The molecule has 0 radical (unpaired) electrons.